The number of benzene rings is 2. The van der Waals surface area contributed by atoms with Crippen molar-refractivity contribution in [3.05, 3.63) is 61.1 Å². The smallest absolute Gasteiger partial charge is 0.154 e. The lowest BCUT2D eigenvalue weighted by Crippen LogP contribution is -1.89. The van der Waals surface area contributed by atoms with Gasteiger partial charge in [-0.25, -0.2) is 0 Å². The van der Waals surface area contributed by atoms with Gasteiger partial charge in [0.25, 0.3) is 0 Å². The summed E-state index contributed by atoms with van der Waals surface area (Å²) in [4.78, 5) is 4.03. The van der Waals surface area contributed by atoms with E-state index in [1.54, 1.807) is 24.7 Å². The van der Waals surface area contributed by atoms with E-state index < -0.39 is 0 Å². The summed E-state index contributed by atoms with van der Waals surface area (Å²) < 4.78 is 5.46. The molecular formula is C17H12N2O2. The third-order valence-electron chi connectivity index (χ3n) is 3.51. The number of rotatable bonds is 2. The fraction of sp³-hybridized carbons (Fsp3) is 0. The molecule has 21 heavy (non-hydrogen) atoms. The highest BCUT2D eigenvalue weighted by Crippen LogP contribution is 2.31. The number of nitrogens with zero attached hydrogens (tertiary/aromatic N) is 1. The molecule has 4 heteroatoms. The zero-order valence-corrected chi connectivity index (χ0v) is 11.1. The van der Waals surface area contributed by atoms with Gasteiger partial charge in [-0.05, 0) is 35.7 Å². The number of nitrogens with one attached hydrogen (secondary N) is 1. The molecule has 4 nitrogen and oxygen atoms in total. The van der Waals surface area contributed by atoms with Gasteiger partial charge in [-0.3, -0.25) is 4.98 Å². The van der Waals surface area contributed by atoms with Crippen LogP contribution in [0, 0.1) is 0 Å². The summed E-state index contributed by atoms with van der Waals surface area (Å²) in [6.45, 7) is 0. The second-order valence-corrected chi connectivity index (χ2v) is 4.86. The summed E-state index contributed by atoms with van der Waals surface area (Å²) in [6, 6.07) is 13.2. The topological polar surface area (TPSA) is 58.3 Å². The van der Waals surface area contributed by atoms with Crippen molar-refractivity contribution < 1.29 is 9.52 Å². The number of pyridine rings is 1. The van der Waals surface area contributed by atoms with Crippen molar-refractivity contribution >= 4 is 33.1 Å². The van der Waals surface area contributed by atoms with Gasteiger partial charge in [0.2, 0.25) is 0 Å². The predicted molar refractivity (Wildman–Crippen MR) is 82.9 cm³/mol. The molecule has 2 aromatic carbocycles. The number of fused-ring (bicyclic) bond motifs is 2. The summed E-state index contributed by atoms with van der Waals surface area (Å²) in [5, 5.41) is 16.0. The summed E-state index contributed by atoms with van der Waals surface area (Å²) in [7, 11) is 0. The lowest BCUT2D eigenvalue weighted by Gasteiger charge is -2.07. The Balaban J connectivity index is 1.77. The van der Waals surface area contributed by atoms with E-state index in [-0.39, 0.29) is 0 Å². The Morgan fingerprint density at radius 3 is 2.95 bits per heavy atom. The molecule has 0 unspecified atom stereocenters. The van der Waals surface area contributed by atoms with E-state index in [0.29, 0.717) is 5.75 Å². The van der Waals surface area contributed by atoms with Crippen molar-refractivity contribution in [3.63, 3.8) is 0 Å². The first kappa shape index (κ1) is 11.8. The summed E-state index contributed by atoms with van der Waals surface area (Å²) in [6.07, 6.45) is 5.11. The van der Waals surface area contributed by atoms with Gasteiger partial charge in [-0.15, -0.1) is 0 Å². The summed E-state index contributed by atoms with van der Waals surface area (Å²) in [5.41, 5.74) is 2.58. The number of furan rings is 1. The van der Waals surface area contributed by atoms with E-state index in [1.165, 1.54) is 0 Å². The highest BCUT2D eigenvalue weighted by molar-refractivity contribution is 5.94. The normalized spacial score (nSPS) is 11.0. The first-order valence-corrected chi connectivity index (χ1v) is 6.61. The lowest BCUT2D eigenvalue weighted by molar-refractivity contribution is 0.481. The van der Waals surface area contributed by atoms with Crippen LogP contribution < -0.4 is 5.32 Å². The van der Waals surface area contributed by atoms with Crippen LogP contribution in [0.4, 0.5) is 11.4 Å². The molecule has 0 atom stereocenters. The van der Waals surface area contributed by atoms with E-state index in [0.717, 1.165) is 33.1 Å². The molecule has 0 bridgehead atoms. The number of hydrogen-bond acceptors (Lipinski definition) is 4. The van der Waals surface area contributed by atoms with Gasteiger partial charge in [0.05, 0.1) is 11.9 Å². The number of phenolic OH excluding ortho intramolecular Hbond substituents is 1. The van der Waals surface area contributed by atoms with Crippen LogP contribution in [0.5, 0.6) is 5.75 Å². The molecule has 2 heterocycles. The summed E-state index contributed by atoms with van der Waals surface area (Å²) in [5.74, 6) is 0.291. The third kappa shape index (κ3) is 1.97. The van der Waals surface area contributed by atoms with Crippen LogP contribution in [0.2, 0.25) is 0 Å². The van der Waals surface area contributed by atoms with Gasteiger partial charge in [0.1, 0.15) is 12.0 Å². The van der Waals surface area contributed by atoms with Crippen molar-refractivity contribution in [2.45, 2.75) is 0 Å². The van der Waals surface area contributed by atoms with Crippen molar-refractivity contribution in [2.75, 3.05) is 5.32 Å². The van der Waals surface area contributed by atoms with Crippen LogP contribution in [0.3, 0.4) is 0 Å². The maximum Gasteiger partial charge on any atom is 0.154 e. The van der Waals surface area contributed by atoms with Crippen molar-refractivity contribution in [3.8, 4) is 5.75 Å². The molecule has 0 amide bonds. The average molecular weight is 276 g/mol. The molecule has 0 saturated carbocycles. The minimum atomic E-state index is 0.291. The van der Waals surface area contributed by atoms with Crippen LogP contribution in [0.1, 0.15) is 0 Å². The molecule has 0 aliphatic carbocycles. The predicted octanol–water partition coefficient (Wildman–Crippen LogP) is 4.43. The number of hydrogen-bond donors (Lipinski definition) is 2. The Bertz CT molecular complexity index is 944. The Morgan fingerprint density at radius 2 is 2.00 bits per heavy atom. The number of aromatic nitrogens is 1. The standard InChI is InChI=1S/C17H12N2O2/c20-16-3-1-2-11-8-12(4-5-13(11)16)19-15-10-21-17-9-18-7-6-14(15)17/h1-10,19-20H. The Morgan fingerprint density at radius 1 is 1.05 bits per heavy atom. The van der Waals surface area contributed by atoms with Gasteiger partial charge >= 0.3 is 0 Å². The molecule has 2 N–H and O–H groups in total. The van der Waals surface area contributed by atoms with Gasteiger partial charge in [0.15, 0.2) is 5.58 Å². The largest absolute Gasteiger partial charge is 0.507 e. The van der Waals surface area contributed by atoms with Crippen molar-refractivity contribution in [2.24, 2.45) is 0 Å². The monoisotopic (exact) mass is 276 g/mol. The van der Waals surface area contributed by atoms with Crippen molar-refractivity contribution in [1.29, 1.82) is 0 Å². The second-order valence-electron chi connectivity index (χ2n) is 4.86. The van der Waals surface area contributed by atoms with E-state index >= 15 is 0 Å². The highest BCUT2D eigenvalue weighted by atomic mass is 16.3. The zero-order chi connectivity index (χ0) is 14.2. The fourth-order valence-corrected chi connectivity index (χ4v) is 2.48. The Labute approximate surface area is 120 Å². The molecule has 0 spiro atoms. The first-order chi connectivity index (χ1) is 10.3. The molecule has 0 aliphatic rings. The van der Waals surface area contributed by atoms with E-state index in [2.05, 4.69) is 10.3 Å². The molecular weight excluding hydrogens is 264 g/mol. The molecule has 4 aromatic rings. The summed E-state index contributed by atoms with van der Waals surface area (Å²) >= 11 is 0. The Hall–Kier alpha value is -3.01. The van der Waals surface area contributed by atoms with E-state index in [1.807, 2.05) is 36.4 Å². The van der Waals surface area contributed by atoms with Gasteiger partial charge in [-0.2, -0.15) is 0 Å². The van der Waals surface area contributed by atoms with Gasteiger partial charge in [-0.1, -0.05) is 12.1 Å². The quantitative estimate of drug-likeness (QED) is 0.568. The van der Waals surface area contributed by atoms with Crippen LogP contribution in [-0.4, -0.2) is 10.1 Å². The minimum absolute atomic E-state index is 0.291. The molecule has 0 fully saturated rings. The molecule has 4 rings (SSSR count). The lowest BCUT2D eigenvalue weighted by atomic mass is 10.1. The van der Waals surface area contributed by atoms with Crippen LogP contribution in [0.15, 0.2) is 65.5 Å². The number of anilines is 2. The minimum Gasteiger partial charge on any atom is -0.507 e. The molecule has 102 valence electrons. The zero-order valence-electron chi connectivity index (χ0n) is 11.1. The SMILES string of the molecule is Oc1cccc2cc(Nc3coc4cnccc34)ccc12. The van der Waals surface area contributed by atoms with E-state index in [4.69, 9.17) is 4.42 Å². The highest BCUT2D eigenvalue weighted by Gasteiger charge is 2.06. The molecule has 0 saturated heterocycles. The first-order valence-electron chi connectivity index (χ1n) is 6.61. The van der Waals surface area contributed by atoms with E-state index in [9.17, 15) is 5.11 Å². The molecule has 0 aliphatic heterocycles. The third-order valence-corrected chi connectivity index (χ3v) is 3.51. The van der Waals surface area contributed by atoms with Crippen molar-refractivity contribution in [1.82, 2.24) is 4.98 Å². The average Bonchev–Trinajstić information content (AvgIpc) is 2.91. The molecule has 2 aromatic heterocycles. The maximum atomic E-state index is 9.82. The second kappa shape index (κ2) is 4.52. The fourth-order valence-electron chi connectivity index (χ4n) is 2.48. The van der Waals surface area contributed by atoms with Crippen LogP contribution in [-0.2, 0) is 0 Å². The van der Waals surface area contributed by atoms with Crippen LogP contribution >= 0.6 is 0 Å². The molecule has 0 radical (unpaired) electrons. The van der Waals surface area contributed by atoms with Gasteiger partial charge in [0, 0.05) is 22.7 Å². The van der Waals surface area contributed by atoms with Crippen LogP contribution in [0.25, 0.3) is 21.7 Å². The van der Waals surface area contributed by atoms with Gasteiger partial charge < -0.3 is 14.8 Å². The Kier molecular flexibility index (Phi) is 2.54. The number of aromatic hydroxyl groups is 1. The number of phenols is 1. The maximum absolute atomic E-state index is 9.82.